The van der Waals surface area contributed by atoms with E-state index in [1.54, 1.807) is 22.4 Å². The number of methoxy groups -OCH3 is 1. The fourth-order valence-electron chi connectivity index (χ4n) is 8.86. The van der Waals surface area contributed by atoms with E-state index in [0.29, 0.717) is 47.8 Å². The third-order valence-electron chi connectivity index (χ3n) is 11.7. The van der Waals surface area contributed by atoms with Crippen molar-refractivity contribution >= 4 is 34.2 Å². The summed E-state index contributed by atoms with van der Waals surface area (Å²) in [5, 5.41) is 7.96. The summed E-state index contributed by atoms with van der Waals surface area (Å²) >= 11 is 1.68. The van der Waals surface area contributed by atoms with Crippen molar-refractivity contribution in [1.82, 2.24) is 45.0 Å². The smallest absolute Gasteiger partial charge is 0.407 e. The maximum absolute atomic E-state index is 16.7. The van der Waals surface area contributed by atoms with Crippen LogP contribution in [0.2, 0.25) is 0 Å². The number of carbonyl (C=O) groups is 2. The monoisotopic (exact) mass is 775 g/mol. The number of imidazole rings is 2. The number of aryl methyl sites for hydroxylation is 2. The van der Waals surface area contributed by atoms with Gasteiger partial charge in [-0.2, -0.15) is 0 Å². The lowest BCUT2D eigenvalue weighted by Crippen LogP contribution is -2.48. The number of nitrogens with zero attached hydrogens (tertiary/aromatic N) is 5. The number of hydrogen-bond donors (Lipinski definition) is 4. The van der Waals surface area contributed by atoms with E-state index in [2.05, 4.69) is 53.3 Å². The minimum Gasteiger partial charge on any atom is -0.462 e. The van der Waals surface area contributed by atoms with Crippen LogP contribution in [-0.4, -0.2) is 72.6 Å². The Labute approximate surface area is 326 Å². The summed E-state index contributed by atoms with van der Waals surface area (Å²) < 4.78 is 30.3. The number of alkyl carbamates (subject to hydrolysis) is 1. The number of amides is 2. The van der Waals surface area contributed by atoms with Gasteiger partial charge in [0.1, 0.15) is 29.3 Å². The maximum Gasteiger partial charge on any atom is 0.407 e. The number of rotatable bonds is 8. The molecule has 288 valence electrons. The van der Waals surface area contributed by atoms with Gasteiger partial charge in [0.15, 0.2) is 5.01 Å². The largest absolute Gasteiger partial charge is 0.462 e. The van der Waals surface area contributed by atoms with Crippen LogP contribution in [0.4, 0.5) is 9.18 Å². The average Bonchev–Trinajstić information content (AvgIpc) is 4.06. The van der Waals surface area contributed by atoms with Crippen molar-refractivity contribution in [3.63, 3.8) is 0 Å². The van der Waals surface area contributed by atoms with E-state index in [1.165, 1.54) is 18.1 Å². The molecule has 0 radical (unpaired) electrons. The number of aromatic amines is 2. The second-order valence-corrected chi connectivity index (χ2v) is 16.2. The number of H-pyrrole nitrogens is 2. The molecule has 2 fully saturated rings. The number of thiazole rings is 1. The predicted octanol–water partition coefficient (Wildman–Crippen LogP) is 7.33. The van der Waals surface area contributed by atoms with Gasteiger partial charge in [-0.3, -0.25) is 9.36 Å². The first kappa shape index (κ1) is 34.9. The molecule has 0 saturated carbocycles. The second kappa shape index (κ2) is 13.9. The van der Waals surface area contributed by atoms with E-state index in [0.717, 1.165) is 89.4 Å². The molecule has 2 saturated heterocycles. The van der Waals surface area contributed by atoms with Crippen LogP contribution in [0.15, 0.2) is 48.8 Å². The van der Waals surface area contributed by atoms with Gasteiger partial charge in [-0.05, 0) is 88.2 Å². The third-order valence-corrected chi connectivity index (χ3v) is 12.9. The molecule has 56 heavy (non-hydrogen) atoms. The van der Waals surface area contributed by atoms with Gasteiger partial charge in [-0.25, -0.2) is 24.1 Å². The number of fused-ring (bicyclic) bond motifs is 6. The van der Waals surface area contributed by atoms with Gasteiger partial charge in [-0.1, -0.05) is 13.0 Å². The van der Waals surface area contributed by atoms with Gasteiger partial charge in [0.05, 0.1) is 65.4 Å². The van der Waals surface area contributed by atoms with E-state index in [-0.39, 0.29) is 18.0 Å². The Morgan fingerprint density at radius 3 is 2.68 bits per heavy atom. The van der Waals surface area contributed by atoms with Gasteiger partial charge in [0, 0.05) is 27.9 Å². The van der Waals surface area contributed by atoms with Gasteiger partial charge in [0.2, 0.25) is 12.1 Å². The third kappa shape index (κ3) is 5.86. The van der Waals surface area contributed by atoms with Gasteiger partial charge < -0.3 is 35.0 Å². The molecule has 10 rings (SSSR count). The normalized spacial score (nSPS) is 20.5. The Hall–Kier alpha value is -5.54. The molecule has 4 unspecified atom stereocenters. The number of benzene rings is 2. The average molecular weight is 776 g/mol. The van der Waals surface area contributed by atoms with E-state index in [1.807, 2.05) is 25.3 Å². The van der Waals surface area contributed by atoms with Crippen molar-refractivity contribution in [1.29, 1.82) is 0 Å². The molecule has 0 spiro atoms. The molecule has 4 N–H and O–H groups in total. The van der Waals surface area contributed by atoms with Gasteiger partial charge >= 0.3 is 6.09 Å². The zero-order chi connectivity index (χ0) is 38.1. The quantitative estimate of drug-likeness (QED) is 0.125. The molecule has 4 aliphatic rings. The van der Waals surface area contributed by atoms with Crippen LogP contribution in [0.1, 0.15) is 91.0 Å². The SMILES string of the molecule is CCC(NC(=O)OC)C(=O)N1CCCC1c1ncc(-c2cc(F)c3c(c2)OC(c2nc4c(s2)CCC4)n2c-3cc3cc(-c4cnc(C5CCCN5)[nH]4)ccc32)[nH]1. The van der Waals surface area contributed by atoms with Crippen LogP contribution < -0.4 is 15.4 Å². The Morgan fingerprint density at radius 2 is 1.88 bits per heavy atom. The lowest BCUT2D eigenvalue weighted by molar-refractivity contribution is -0.134. The van der Waals surface area contributed by atoms with Crippen molar-refractivity contribution in [2.75, 3.05) is 20.2 Å². The molecule has 2 amide bonds. The zero-order valence-electron chi connectivity index (χ0n) is 31.2. The van der Waals surface area contributed by atoms with Crippen molar-refractivity contribution in [2.24, 2.45) is 0 Å². The molecule has 1 aliphatic carbocycles. The van der Waals surface area contributed by atoms with Gasteiger partial charge in [0.25, 0.3) is 0 Å². The molecular weight excluding hydrogens is 734 g/mol. The van der Waals surface area contributed by atoms with E-state index >= 15 is 4.39 Å². The molecule has 2 aromatic carbocycles. The first-order valence-corrected chi connectivity index (χ1v) is 20.3. The molecule has 4 aromatic heterocycles. The van der Waals surface area contributed by atoms with Crippen molar-refractivity contribution in [2.45, 2.75) is 82.6 Å². The lowest BCUT2D eigenvalue weighted by atomic mass is 10.0. The highest BCUT2D eigenvalue weighted by molar-refractivity contribution is 7.11. The summed E-state index contributed by atoms with van der Waals surface area (Å²) in [6, 6.07) is 10.9. The Bertz CT molecular complexity index is 2480. The van der Waals surface area contributed by atoms with Crippen LogP contribution in [0, 0.1) is 5.82 Å². The van der Waals surface area contributed by atoms with Crippen LogP contribution in [0.25, 0.3) is 44.7 Å². The number of halogens is 1. The van der Waals surface area contributed by atoms with E-state index in [4.69, 9.17) is 14.5 Å². The fraction of sp³-hybridized carbons (Fsp3) is 0.390. The number of hydrogen-bond acceptors (Lipinski definition) is 9. The highest BCUT2D eigenvalue weighted by atomic mass is 32.1. The Balaban J connectivity index is 1.01. The number of nitrogens with one attached hydrogen (secondary N) is 4. The van der Waals surface area contributed by atoms with Crippen molar-refractivity contribution < 1.29 is 23.5 Å². The molecule has 3 aliphatic heterocycles. The topological polar surface area (TPSA) is 155 Å². The van der Waals surface area contributed by atoms with Gasteiger partial charge in [-0.15, -0.1) is 11.3 Å². The molecule has 15 heteroatoms. The summed E-state index contributed by atoms with van der Waals surface area (Å²) in [5.74, 6) is 1.36. The summed E-state index contributed by atoms with van der Waals surface area (Å²) in [4.78, 5) is 49.8. The predicted molar refractivity (Wildman–Crippen MR) is 209 cm³/mol. The number of ether oxygens (including phenoxy) is 2. The van der Waals surface area contributed by atoms with Crippen LogP contribution in [-0.2, 0) is 22.4 Å². The highest BCUT2D eigenvalue weighted by Gasteiger charge is 2.37. The van der Waals surface area contributed by atoms with Crippen molar-refractivity contribution in [3.8, 4) is 39.5 Å². The van der Waals surface area contributed by atoms with E-state index in [9.17, 15) is 9.59 Å². The molecular formula is C41H42FN9O4S. The number of carbonyl (C=O) groups excluding carboxylic acids is 2. The Kier molecular flexibility index (Phi) is 8.66. The molecule has 13 nitrogen and oxygen atoms in total. The standard InChI is InChI=1S/C41H42FN9O4S/c1-3-25(49-41(53)54-2)39(52)50-14-6-9-31(50)37-45-20-29(47-37)22-16-24(42)35-32-17-23-15-21(28-19-44-36(46-28)27-8-5-13-43-27)11-12-30(23)51(32)40(55-33(35)18-22)38-48-26-7-4-10-34(26)56-38/h11-12,15-20,25,27,31,40,43H,3-10,13-14H2,1-2H3,(H,44,46)(H,45,47)(H,49,53). The Morgan fingerprint density at radius 1 is 1.04 bits per heavy atom. The van der Waals surface area contributed by atoms with E-state index < -0.39 is 24.2 Å². The summed E-state index contributed by atoms with van der Waals surface area (Å²) in [6.45, 7) is 3.38. The lowest BCUT2D eigenvalue weighted by Gasteiger charge is -2.29. The second-order valence-electron chi connectivity index (χ2n) is 15.0. The summed E-state index contributed by atoms with van der Waals surface area (Å²) in [5.41, 5.74) is 6.29. The zero-order valence-corrected chi connectivity index (χ0v) is 32.0. The van der Waals surface area contributed by atoms with Crippen LogP contribution in [0.5, 0.6) is 5.75 Å². The highest BCUT2D eigenvalue weighted by Crippen LogP contribution is 2.48. The van der Waals surface area contributed by atoms with Crippen LogP contribution >= 0.6 is 11.3 Å². The summed E-state index contributed by atoms with van der Waals surface area (Å²) in [6.07, 6.45) is 9.51. The number of aromatic nitrogens is 6. The fourth-order valence-corrected chi connectivity index (χ4v) is 10.0. The molecule has 0 bridgehead atoms. The minimum atomic E-state index is -0.712. The summed E-state index contributed by atoms with van der Waals surface area (Å²) in [7, 11) is 1.27. The van der Waals surface area contributed by atoms with Crippen LogP contribution in [0.3, 0.4) is 0 Å². The van der Waals surface area contributed by atoms with Crippen molar-refractivity contribution in [3.05, 3.63) is 81.8 Å². The molecule has 4 atom stereocenters. The minimum absolute atomic E-state index is 0.191. The number of likely N-dealkylation sites (tertiary alicyclic amines) is 1. The first-order chi connectivity index (χ1) is 27.4. The molecule has 6 aromatic rings. The first-order valence-electron chi connectivity index (χ1n) is 19.5. The molecule has 7 heterocycles. The maximum atomic E-state index is 16.7.